The van der Waals surface area contributed by atoms with Crippen LogP contribution in [0.25, 0.3) is 21.9 Å². The number of hydrogen-bond acceptors (Lipinski definition) is 3. The Morgan fingerprint density at radius 2 is 2.07 bits per heavy atom. The van der Waals surface area contributed by atoms with Crippen LogP contribution in [-0.4, -0.2) is 5.11 Å². The molecule has 1 aromatic carbocycles. The predicted octanol–water partition coefficient (Wildman–Crippen LogP) is 3.54. The van der Waals surface area contributed by atoms with Gasteiger partial charge in [0.05, 0.1) is 6.26 Å². The zero-order valence-electron chi connectivity index (χ0n) is 6.95. The number of rotatable bonds is 0. The second-order valence-corrected chi connectivity index (χ2v) is 3.41. The van der Waals surface area contributed by atoms with E-state index in [4.69, 9.17) is 20.4 Å². The molecule has 0 spiro atoms. The average Bonchev–Trinajstić information content (AvgIpc) is 2.70. The fourth-order valence-electron chi connectivity index (χ4n) is 1.51. The highest BCUT2D eigenvalue weighted by Gasteiger charge is 2.12. The molecule has 0 unspecified atom stereocenters. The Bertz CT molecular complexity index is 621. The molecule has 3 rings (SSSR count). The van der Waals surface area contributed by atoms with Crippen molar-refractivity contribution in [3.63, 3.8) is 0 Å². The van der Waals surface area contributed by atoms with Gasteiger partial charge in [-0.05, 0) is 12.1 Å². The van der Waals surface area contributed by atoms with Crippen molar-refractivity contribution in [2.45, 2.75) is 0 Å². The molecule has 2 aromatic heterocycles. The summed E-state index contributed by atoms with van der Waals surface area (Å²) < 4.78 is 10.2. The minimum atomic E-state index is -0.255. The van der Waals surface area contributed by atoms with Gasteiger partial charge in [0.1, 0.15) is 16.2 Å². The van der Waals surface area contributed by atoms with Crippen LogP contribution in [-0.2, 0) is 0 Å². The Morgan fingerprint density at radius 3 is 2.93 bits per heavy atom. The third-order valence-electron chi connectivity index (χ3n) is 2.19. The number of furan rings is 2. The zero-order valence-corrected chi connectivity index (χ0v) is 7.71. The molecule has 0 bridgehead atoms. The van der Waals surface area contributed by atoms with E-state index in [1.807, 2.05) is 12.1 Å². The van der Waals surface area contributed by atoms with Crippen molar-refractivity contribution in [1.82, 2.24) is 0 Å². The third-order valence-corrected chi connectivity index (χ3v) is 2.55. The topological polar surface area (TPSA) is 46.5 Å². The van der Waals surface area contributed by atoms with Crippen molar-refractivity contribution in [2.24, 2.45) is 0 Å². The van der Waals surface area contributed by atoms with Crippen LogP contribution in [0.4, 0.5) is 0 Å². The smallest absolute Gasteiger partial charge is 0.302 e. The minimum absolute atomic E-state index is 0.239. The Kier molecular flexibility index (Phi) is 1.36. The molecule has 4 heteroatoms. The van der Waals surface area contributed by atoms with Gasteiger partial charge in [-0.2, -0.15) is 0 Å². The Balaban J connectivity index is 2.56. The van der Waals surface area contributed by atoms with Crippen molar-refractivity contribution in [3.05, 3.63) is 29.5 Å². The lowest BCUT2D eigenvalue weighted by Gasteiger charge is -1.88. The first-order chi connectivity index (χ1) is 6.75. The average molecular weight is 209 g/mol. The van der Waals surface area contributed by atoms with Crippen LogP contribution < -0.4 is 0 Å². The maximum Gasteiger partial charge on any atom is 0.302 e. The van der Waals surface area contributed by atoms with Gasteiger partial charge in [0.15, 0.2) is 0 Å². The highest BCUT2D eigenvalue weighted by atomic mass is 35.5. The molecule has 14 heavy (non-hydrogen) atoms. The minimum Gasteiger partial charge on any atom is -0.480 e. The molecular weight excluding hydrogens is 204 g/mol. The number of aromatic hydroxyl groups is 1. The van der Waals surface area contributed by atoms with Gasteiger partial charge in [0.2, 0.25) is 0 Å². The van der Waals surface area contributed by atoms with Gasteiger partial charge < -0.3 is 13.9 Å². The van der Waals surface area contributed by atoms with Gasteiger partial charge in [-0.3, -0.25) is 0 Å². The van der Waals surface area contributed by atoms with E-state index in [2.05, 4.69) is 0 Å². The van der Waals surface area contributed by atoms with Gasteiger partial charge in [-0.25, -0.2) is 0 Å². The van der Waals surface area contributed by atoms with Crippen LogP contribution in [0.3, 0.4) is 0 Å². The molecule has 0 radical (unpaired) electrons. The van der Waals surface area contributed by atoms with Crippen LogP contribution >= 0.6 is 11.6 Å². The first-order valence-electron chi connectivity index (χ1n) is 4.04. The maximum absolute atomic E-state index is 9.26. The molecule has 70 valence electrons. The summed E-state index contributed by atoms with van der Waals surface area (Å²) in [6.07, 6.45) is 1.59. The molecule has 2 heterocycles. The van der Waals surface area contributed by atoms with E-state index in [0.29, 0.717) is 16.6 Å². The predicted molar refractivity (Wildman–Crippen MR) is 52.7 cm³/mol. The van der Waals surface area contributed by atoms with Crippen LogP contribution in [0.1, 0.15) is 0 Å². The van der Waals surface area contributed by atoms with Gasteiger partial charge in [-0.1, -0.05) is 11.6 Å². The number of fused-ring (bicyclic) bond motifs is 2. The standard InChI is InChI=1S/C10H5ClO3/c11-9-6-3-5-1-2-13-7(5)4-8(6)14-10(9)12/h1-4,12H. The largest absolute Gasteiger partial charge is 0.480 e. The molecule has 0 saturated heterocycles. The summed E-state index contributed by atoms with van der Waals surface area (Å²) in [6, 6.07) is 5.35. The summed E-state index contributed by atoms with van der Waals surface area (Å²) in [6.45, 7) is 0. The third kappa shape index (κ3) is 0.873. The Labute approximate surface area is 83.5 Å². The molecule has 0 aliphatic heterocycles. The summed E-state index contributed by atoms with van der Waals surface area (Å²) in [5.74, 6) is -0.255. The zero-order chi connectivity index (χ0) is 9.71. The monoisotopic (exact) mass is 208 g/mol. The van der Waals surface area contributed by atoms with Gasteiger partial charge >= 0.3 is 5.95 Å². The van der Waals surface area contributed by atoms with E-state index in [9.17, 15) is 5.11 Å². The molecule has 3 nitrogen and oxygen atoms in total. The molecular formula is C10H5ClO3. The molecule has 1 N–H and O–H groups in total. The number of halogens is 1. The van der Waals surface area contributed by atoms with Crippen LogP contribution in [0.5, 0.6) is 5.95 Å². The van der Waals surface area contributed by atoms with E-state index in [1.165, 1.54) is 0 Å². The Hall–Kier alpha value is -1.61. The van der Waals surface area contributed by atoms with Crippen molar-refractivity contribution in [3.8, 4) is 5.95 Å². The van der Waals surface area contributed by atoms with Gasteiger partial charge in [0.25, 0.3) is 0 Å². The fraction of sp³-hybridized carbons (Fsp3) is 0. The highest BCUT2D eigenvalue weighted by molar-refractivity contribution is 6.37. The number of benzene rings is 1. The molecule has 0 saturated carbocycles. The van der Waals surface area contributed by atoms with Crippen molar-refractivity contribution in [1.29, 1.82) is 0 Å². The summed E-state index contributed by atoms with van der Waals surface area (Å²) >= 11 is 5.83. The molecule has 3 aromatic rings. The van der Waals surface area contributed by atoms with Crippen LogP contribution in [0.15, 0.2) is 33.3 Å². The molecule has 0 amide bonds. The van der Waals surface area contributed by atoms with Crippen LogP contribution in [0.2, 0.25) is 5.02 Å². The van der Waals surface area contributed by atoms with E-state index in [0.717, 1.165) is 5.39 Å². The van der Waals surface area contributed by atoms with Crippen molar-refractivity contribution < 1.29 is 13.9 Å². The summed E-state index contributed by atoms with van der Waals surface area (Å²) in [7, 11) is 0. The van der Waals surface area contributed by atoms with E-state index in [1.54, 1.807) is 12.3 Å². The lowest BCUT2D eigenvalue weighted by molar-refractivity contribution is 0.346. The van der Waals surface area contributed by atoms with Crippen LogP contribution in [0, 0.1) is 0 Å². The van der Waals surface area contributed by atoms with E-state index in [-0.39, 0.29) is 11.0 Å². The molecule has 0 aliphatic carbocycles. The molecule has 0 atom stereocenters. The van der Waals surface area contributed by atoms with Crippen molar-refractivity contribution >= 4 is 33.5 Å². The Morgan fingerprint density at radius 1 is 1.21 bits per heavy atom. The normalized spacial score (nSPS) is 11.5. The second kappa shape index (κ2) is 2.45. The first-order valence-corrected chi connectivity index (χ1v) is 4.42. The molecule has 0 fully saturated rings. The maximum atomic E-state index is 9.26. The van der Waals surface area contributed by atoms with E-state index < -0.39 is 0 Å². The summed E-state index contributed by atoms with van der Waals surface area (Å²) in [5.41, 5.74) is 1.23. The first kappa shape index (κ1) is 7.76. The SMILES string of the molecule is Oc1oc2cc3occc3cc2c1Cl. The molecule has 0 aliphatic rings. The van der Waals surface area contributed by atoms with Gasteiger partial charge in [-0.15, -0.1) is 0 Å². The summed E-state index contributed by atoms with van der Waals surface area (Å²) in [4.78, 5) is 0. The van der Waals surface area contributed by atoms with E-state index >= 15 is 0 Å². The highest BCUT2D eigenvalue weighted by Crippen LogP contribution is 2.37. The van der Waals surface area contributed by atoms with Gasteiger partial charge in [0, 0.05) is 16.8 Å². The summed E-state index contributed by atoms with van der Waals surface area (Å²) in [5, 5.41) is 11.1. The lowest BCUT2D eigenvalue weighted by Crippen LogP contribution is -1.65. The quantitative estimate of drug-likeness (QED) is 0.615. The lowest BCUT2D eigenvalue weighted by atomic mass is 10.2. The number of hydrogen-bond donors (Lipinski definition) is 1. The van der Waals surface area contributed by atoms with Crippen molar-refractivity contribution in [2.75, 3.05) is 0 Å². The fourth-order valence-corrected chi connectivity index (χ4v) is 1.70. The second-order valence-electron chi connectivity index (χ2n) is 3.03.